The van der Waals surface area contributed by atoms with Gasteiger partial charge in [-0.05, 0) is 29.9 Å². The highest BCUT2D eigenvalue weighted by molar-refractivity contribution is 5.98. The highest BCUT2D eigenvalue weighted by atomic mass is 16.8. The Morgan fingerprint density at radius 3 is 1.62 bits per heavy atom. The largest absolute Gasteiger partial charge is 0.514 e. The lowest BCUT2D eigenvalue weighted by Crippen LogP contribution is -2.43. The predicted molar refractivity (Wildman–Crippen MR) is 179 cm³/mol. The van der Waals surface area contributed by atoms with Crippen molar-refractivity contribution < 1.29 is 52.7 Å². The zero-order valence-corrected chi connectivity index (χ0v) is 28.7. The van der Waals surface area contributed by atoms with Crippen LogP contribution in [0.4, 0.5) is 36.4 Å². The molecule has 0 spiro atoms. The van der Waals surface area contributed by atoms with Crippen LogP contribution < -0.4 is 36.1 Å². The summed E-state index contributed by atoms with van der Waals surface area (Å²) < 4.78 is 32.8. The fourth-order valence-electron chi connectivity index (χ4n) is 4.09. The third-order valence-corrected chi connectivity index (χ3v) is 6.34. The molecule has 17 heteroatoms. The van der Waals surface area contributed by atoms with E-state index in [1.165, 1.54) is 12.1 Å². The van der Waals surface area contributed by atoms with E-state index >= 15 is 0 Å². The number of nitrogen functional groups attached to an aromatic ring is 1. The molecule has 0 aliphatic carbocycles. The van der Waals surface area contributed by atoms with Crippen LogP contribution in [0.15, 0.2) is 52.1 Å². The molecule has 0 aliphatic heterocycles. The second-order valence-corrected chi connectivity index (χ2v) is 12.1. The summed E-state index contributed by atoms with van der Waals surface area (Å²) in [5, 5.41) is 10.5. The van der Waals surface area contributed by atoms with Crippen molar-refractivity contribution in [1.29, 1.82) is 0 Å². The van der Waals surface area contributed by atoms with Crippen LogP contribution in [0.3, 0.4) is 0 Å². The standard InChI is InChI=1S/C33H40N4O13/c1-18(2)15-45-31(42)48-23-13-22(14-24(49-32(43)46-16-19(3)4)26(23)50-33(44)47-17-20(5)6)36(30(40)41)25-27(34)37(21-11-9-8-10-12-21)29(39)35(7)28(25)38/h8-14,18-20H,15-17,34H2,1-7H3,(H,40,41). The normalized spacial score (nSPS) is 10.9. The summed E-state index contributed by atoms with van der Waals surface area (Å²) in [6.07, 6.45) is -5.71. The lowest BCUT2D eigenvalue weighted by molar-refractivity contribution is 0.0748. The van der Waals surface area contributed by atoms with Gasteiger partial charge >= 0.3 is 30.2 Å². The van der Waals surface area contributed by atoms with E-state index in [4.69, 9.17) is 34.2 Å². The van der Waals surface area contributed by atoms with Gasteiger partial charge in [0.15, 0.2) is 17.2 Å². The molecule has 50 heavy (non-hydrogen) atoms. The molecule has 1 aromatic heterocycles. The van der Waals surface area contributed by atoms with Crippen LogP contribution in [0.2, 0.25) is 0 Å². The number of nitrogens with zero attached hydrogens (tertiary/aromatic N) is 3. The smallest absolute Gasteiger partial charge is 0.464 e. The maximum absolute atomic E-state index is 13.5. The minimum atomic E-state index is -1.81. The van der Waals surface area contributed by atoms with Crippen molar-refractivity contribution in [3.05, 3.63) is 63.3 Å². The third-order valence-electron chi connectivity index (χ3n) is 6.34. The van der Waals surface area contributed by atoms with Crippen LogP contribution in [0.1, 0.15) is 41.5 Å². The Hall–Kier alpha value is -6.00. The summed E-state index contributed by atoms with van der Waals surface area (Å²) in [7, 11) is 1.12. The maximum Gasteiger partial charge on any atom is 0.514 e. The molecule has 0 radical (unpaired) electrons. The molecule has 1 heterocycles. The Morgan fingerprint density at radius 1 is 0.760 bits per heavy atom. The number of hydrogen-bond donors (Lipinski definition) is 2. The van der Waals surface area contributed by atoms with Crippen molar-refractivity contribution in [1.82, 2.24) is 9.13 Å². The molecule has 2 aromatic carbocycles. The van der Waals surface area contributed by atoms with Gasteiger partial charge in [0.1, 0.15) is 5.82 Å². The van der Waals surface area contributed by atoms with Crippen molar-refractivity contribution in [2.75, 3.05) is 30.5 Å². The number of carbonyl (C=O) groups is 4. The Morgan fingerprint density at radius 2 is 1.20 bits per heavy atom. The molecule has 270 valence electrons. The van der Waals surface area contributed by atoms with Gasteiger partial charge in [-0.1, -0.05) is 59.7 Å². The van der Waals surface area contributed by atoms with Gasteiger partial charge in [0, 0.05) is 19.2 Å². The number of nitrogens with two attached hydrogens (primary N) is 1. The molecule has 1 amide bonds. The molecular weight excluding hydrogens is 660 g/mol. The number of amides is 1. The molecule has 0 bridgehead atoms. The number of ether oxygens (including phenoxy) is 6. The molecule has 0 atom stereocenters. The zero-order chi connectivity index (χ0) is 37.3. The van der Waals surface area contributed by atoms with Crippen molar-refractivity contribution in [2.45, 2.75) is 41.5 Å². The van der Waals surface area contributed by atoms with E-state index < -0.39 is 70.2 Å². The highest BCUT2D eigenvalue weighted by Crippen LogP contribution is 2.44. The van der Waals surface area contributed by atoms with Gasteiger partial charge in [0.25, 0.3) is 5.56 Å². The number of anilines is 3. The molecular formula is C33H40N4O13. The van der Waals surface area contributed by atoms with Gasteiger partial charge in [-0.3, -0.25) is 9.36 Å². The summed E-state index contributed by atoms with van der Waals surface area (Å²) in [6, 6.07) is 9.64. The van der Waals surface area contributed by atoms with Crippen molar-refractivity contribution in [3.63, 3.8) is 0 Å². The first-order chi connectivity index (χ1) is 23.5. The van der Waals surface area contributed by atoms with Crippen LogP contribution in [0, 0.1) is 17.8 Å². The van der Waals surface area contributed by atoms with Gasteiger partial charge in [-0.25, -0.2) is 33.4 Å². The summed E-state index contributed by atoms with van der Waals surface area (Å²) in [5.41, 5.74) is 3.29. The van der Waals surface area contributed by atoms with E-state index in [0.717, 1.165) is 23.7 Å². The Bertz CT molecular complexity index is 1780. The summed E-state index contributed by atoms with van der Waals surface area (Å²) in [5.74, 6) is -3.01. The molecule has 17 nitrogen and oxygen atoms in total. The van der Waals surface area contributed by atoms with E-state index in [9.17, 15) is 33.9 Å². The highest BCUT2D eigenvalue weighted by Gasteiger charge is 2.32. The fraction of sp³-hybridized carbons (Fsp3) is 0.394. The number of hydrogen-bond acceptors (Lipinski definition) is 13. The van der Waals surface area contributed by atoms with Crippen LogP contribution in [0.25, 0.3) is 5.69 Å². The van der Waals surface area contributed by atoms with Crippen molar-refractivity contribution in [3.8, 4) is 22.9 Å². The molecule has 3 rings (SSSR count). The first-order valence-corrected chi connectivity index (χ1v) is 15.4. The van der Waals surface area contributed by atoms with Gasteiger partial charge in [0.05, 0.1) is 31.2 Å². The molecule has 3 aromatic rings. The van der Waals surface area contributed by atoms with E-state index in [0.29, 0.717) is 9.47 Å². The second kappa shape index (κ2) is 16.9. The second-order valence-electron chi connectivity index (χ2n) is 12.1. The fourth-order valence-corrected chi connectivity index (χ4v) is 4.09. The average Bonchev–Trinajstić information content (AvgIpc) is 3.04. The summed E-state index contributed by atoms with van der Waals surface area (Å²) >= 11 is 0. The summed E-state index contributed by atoms with van der Waals surface area (Å²) in [6.45, 7) is 10.3. The lowest BCUT2D eigenvalue weighted by atomic mass is 10.2. The molecule has 0 unspecified atom stereocenters. The van der Waals surface area contributed by atoms with Gasteiger partial charge < -0.3 is 39.3 Å². The first kappa shape index (κ1) is 38.4. The Labute approximate surface area is 286 Å². The number of aromatic nitrogens is 2. The minimum absolute atomic E-state index is 0.0807. The van der Waals surface area contributed by atoms with Crippen LogP contribution in [0.5, 0.6) is 17.2 Å². The third kappa shape index (κ3) is 9.77. The zero-order valence-electron chi connectivity index (χ0n) is 28.7. The monoisotopic (exact) mass is 700 g/mol. The van der Waals surface area contributed by atoms with Crippen LogP contribution in [-0.2, 0) is 21.3 Å². The molecule has 3 N–H and O–H groups in total. The van der Waals surface area contributed by atoms with E-state index in [-0.39, 0.29) is 43.3 Å². The molecule has 0 saturated heterocycles. The lowest BCUT2D eigenvalue weighted by Gasteiger charge is -2.24. The van der Waals surface area contributed by atoms with Crippen molar-refractivity contribution in [2.24, 2.45) is 24.8 Å². The topological polar surface area (TPSA) is 217 Å². The van der Waals surface area contributed by atoms with E-state index in [1.54, 1.807) is 59.7 Å². The Balaban J connectivity index is 2.35. The van der Waals surface area contributed by atoms with Gasteiger partial charge in [-0.2, -0.15) is 0 Å². The first-order valence-electron chi connectivity index (χ1n) is 15.4. The predicted octanol–water partition coefficient (Wildman–Crippen LogP) is 5.45. The number of rotatable bonds is 12. The van der Waals surface area contributed by atoms with E-state index in [1.807, 2.05) is 0 Å². The van der Waals surface area contributed by atoms with Crippen LogP contribution >= 0.6 is 0 Å². The van der Waals surface area contributed by atoms with Crippen LogP contribution in [-0.4, -0.2) is 58.6 Å². The van der Waals surface area contributed by atoms with Gasteiger partial charge in [-0.15, -0.1) is 0 Å². The number of para-hydroxylation sites is 1. The number of carboxylic acid groups (broad SMARTS) is 1. The van der Waals surface area contributed by atoms with E-state index in [2.05, 4.69) is 0 Å². The number of carbonyl (C=O) groups excluding carboxylic acids is 3. The summed E-state index contributed by atoms with van der Waals surface area (Å²) in [4.78, 5) is 78.3. The minimum Gasteiger partial charge on any atom is -0.464 e. The number of benzene rings is 2. The SMILES string of the molecule is CC(C)COC(=O)Oc1cc(N(C(=O)O)c2c(N)n(-c3ccccc3)c(=O)n(C)c2=O)cc(OC(=O)OCC(C)C)c1OC(=O)OCC(C)C. The molecule has 0 fully saturated rings. The molecule has 0 aliphatic rings. The van der Waals surface area contributed by atoms with Crippen molar-refractivity contribution >= 4 is 41.8 Å². The molecule has 0 saturated carbocycles. The maximum atomic E-state index is 13.5. The quantitative estimate of drug-likeness (QED) is 0.136. The average molecular weight is 701 g/mol. The Kier molecular flexibility index (Phi) is 13.0. The van der Waals surface area contributed by atoms with Gasteiger partial charge in [0.2, 0.25) is 5.75 Å².